The van der Waals surface area contributed by atoms with E-state index in [9.17, 15) is 9.59 Å². The molecule has 2 N–H and O–H groups in total. The number of hydrazine groups is 1. The Morgan fingerprint density at radius 2 is 1.73 bits per heavy atom. The van der Waals surface area contributed by atoms with Crippen molar-refractivity contribution < 1.29 is 23.6 Å². The van der Waals surface area contributed by atoms with Gasteiger partial charge in [-0.25, -0.2) is 0 Å². The number of nitrogens with one attached hydrogen (secondary N) is 2. The summed E-state index contributed by atoms with van der Waals surface area (Å²) in [5, 5.41) is 3.84. The van der Waals surface area contributed by atoms with E-state index in [1.54, 1.807) is 25.1 Å². The summed E-state index contributed by atoms with van der Waals surface area (Å²) in [5.74, 6) is 0.941. The van der Waals surface area contributed by atoms with Crippen molar-refractivity contribution in [2.45, 2.75) is 33.6 Å². The number of hydrogen-bond donors (Lipinski definition) is 2. The molecule has 0 spiro atoms. The Morgan fingerprint density at radius 3 is 2.35 bits per heavy atom. The van der Waals surface area contributed by atoms with Crippen LogP contribution in [0.3, 0.4) is 0 Å². The van der Waals surface area contributed by atoms with E-state index >= 15 is 0 Å². The lowest BCUT2D eigenvalue weighted by Gasteiger charge is -2.12. The van der Waals surface area contributed by atoms with Crippen LogP contribution in [0.15, 0.2) is 28.8 Å². The summed E-state index contributed by atoms with van der Waals surface area (Å²) in [7, 11) is 0. The van der Waals surface area contributed by atoms with Crippen LogP contribution in [0.1, 0.15) is 30.4 Å². The molecule has 140 valence electrons. The van der Waals surface area contributed by atoms with Gasteiger partial charge >= 0.3 is 0 Å². The number of benzene rings is 1. The van der Waals surface area contributed by atoms with Crippen LogP contribution in [-0.4, -0.2) is 30.2 Å². The number of carbonyl (C=O) groups excluding carboxylic acids is 2. The van der Waals surface area contributed by atoms with Crippen molar-refractivity contribution >= 4 is 11.8 Å². The fourth-order valence-electron chi connectivity index (χ4n) is 2.32. The minimum absolute atomic E-state index is 0.206. The zero-order valence-corrected chi connectivity index (χ0v) is 15.1. The number of amides is 2. The maximum Gasteiger partial charge on any atom is 0.276 e. The maximum atomic E-state index is 11.8. The summed E-state index contributed by atoms with van der Waals surface area (Å²) in [6, 6.07) is 7.07. The predicted molar refractivity (Wildman–Crippen MR) is 93.7 cm³/mol. The number of aryl methyl sites for hydroxylation is 2. The highest BCUT2D eigenvalue weighted by molar-refractivity contribution is 5.82. The van der Waals surface area contributed by atoms with E-state index in [1.165, 1.54) is 0 Å². The van der Waals surface area contributed by atoms with Gasteiger partial charge in [0.2, 0.25) is 5.91 Å². The Labute approximate surface area is 151 Å². The lowest BCUT2D eigenvalue weighted by Crippen LogP contribution is -2.43. The number of rotatable bonds is 8. The summed E-state index contributed by atoms with van der Waals surface area (Å²) < 4.78 is 15.9. The second kappa shape index (κ2) is 9.45. The van der Waals surface area contributed by atoms with Crippen molar-refractivity contribution in [2.75, 3.05) is 13.2 Å². The summed E-state index contributed by atoms with van der Waals surface area (Å²) in [5.41, 5.74) is 6.35. The second-order valence-corrected chi connectivity index (χ2v) is 5.57. The van der Waals surface area contributed by atoms with Gasteiger partial charge in [0, 0.05) is 12.0 Å². The molecular weight excluding hydrogens is 338 g/mol. The molecule has 1 heterocycles. The molecule has 0 saturated carbocycles. The van der Waals surface area contributed by atoms with Crippen LogP contribution in [0, 0.1) is 13.8 Å². The molecule has 2 rings (SSSR count). The quantitative estimate of drug-likeness (QED) is 0.696. The van der Waals surface area contributed by atoms with E-state index in [1.807, 2.05) is 19.9 Å². The third-order valence-electron chi connectivity index (χ3n) is 3.63. The molecule has 0 saturated heterocycles. The highest BCUT2D eigenvalue weighted by atomic mass is 16.5. The van der Waals surface area contributed by atoms with Gasteiger partial charge in [-0.15, -0.1) is 0 Å². The number of hydrogen-bond acceptors (Lipinski definition) is 6. The molecule has 0 bridgehead atoms. The van der Waals surface area contributed by atoms with Crippen LogP contribution < -0.4 is 20.3 Å². The van der Waals surface area contributed by atoms with Crippen LogP contribution in [0.4, 0.5) is 0 Å². The monoisotopic (exact) mass is 361 g/mol. The highest BCUT2D eigenvalue weighted by Gasteiger charge is 2.12. The van der Waals surface area contributed by atoms with Crippen molar-refractivity contribution in [3.8, 4) is 11.5 Å². The van der Waals surface area contributed by atoms with Gasteiger partial charge in [-0.1, -0.05) is 17.3 Å². The first kappa shape index (κ1) is 19.3. The molecule has 0 fully saturated rings. The van der Waals surface area contributed by atoms with Crippen molar-refractivity contribution in [1.82, 2.24) is 16.0 Å². The fourth-order valence-corrected chi connectivity index (χ4v) is 2.32. The van der Waals surface area contributed by atoms with Gasteiger partial charge in [0.1, 0.15) is 5.76 Å². The van der Waals surface area contributed by atoms with Gasteiger partial charge in [-0.05, 0) is 39.3 Å². The molecule has 0 aliphatic heterocycles. The van der Waals surface area contributed by atoms with E-state index in [0.717, 1.165) is 11.3 Å². The first-order valence-corrected chi connectivity index (χ1v) is 8.35. The third kappa shape index (κ3) is 5.51. The summed E-state index contributed by atoms with van der Waals surface area (Å²) >= 11 is 0. The molecule has 0 atom stereocenters. The minimum Gasteiger partial charge on any atom is -0.490 e. The third-order valence-corrected chi connectivity index (χ3v) is 3.63. The molecule has 8 heteroatoms. The predicted octanol–water partition coefficient (Wildman–Crippen LogP) is 1.85. The van der Waals surface area contributed by atoms with Crippen LogP contribution in [0.2, 0.25) is 0 Å². The molecule has 0 radical (unpaired) electrons. The lowest BCUT2D eigenvalue weighted by molar-refractivity contribution is -0.130. The molecule has 0 aliphatic carbocycles. The summed E-state index contributed by atoms with van der Waals surface area (Å²) in [6.07, 6.45) is 0.693. The standard InChI is InChI=1S/C18H23N3O5/c1-4-24-15-7-5-6-8-16(15)25-11-18(23)20-19-17(22)10-9-14-12(2)21-26-13(14)3/h5-8H,4,9-11H2,1-3H3,(H,19,22)(H,20,23). The largest absolute Gasteiger partial charge is 0.490 e. The maximum absolute atomic E-state index is 11.8. The fraction of sp³-hybridized carbons (Fsp3) is 0.389. The van der Waals surface area contributed by atoms with E-state index in [-0.39, 0.29) is 18.9 Å². The summed E-state index contributed by atoms with van der Waals surface area (Å²) in [4.78, 5) is 23.7. The van der Waals surface area contributed by atoms with Crippen molar-refractivity contribution in [3.05, 3.63) is 41.3 Å². The SMILES string of the molecule is CCOc1ccccc1OCC(=O)NNC(=O)CCc1c(C)noc1C. The zero-order valence-electron chi connectivity index (χ0n) is 15.1. The summed E-state index contributed by atoms with van der Waals surface area (Å²) in [6.45, 7) is 5.74. The zero-order chi connectivity index (χ0) is 18.9. The van der Waals surface area contributed by atoms with E-state index < -0.39 is 5.91 Å². The van der Waals surface area contributed by atoms with E-state index in [0.29, 0.717) is 30.3 Å². The molecule has 1 aromatic heterocycles. The second-order valence-electron chi connectivity index (χ2n) is 5.57. The number of ether oxygens (including phenoxy) is 2. The average Bonchev–Trinajstić information content (AvgIpc) is 2.95. The Balaban J connectivity index is 1.72. The average molecular weight is 361 g/mol. The highest BCUT2D eigenvalue weighted by Crippen LogP contribution is 2.26. The molecule has 2 aromatic rings. The van der Waals surface area contributed by atoms with E-state index in [2.05, 4.69) is 16.0 Å². The van der Waals surface area contributed by atoms with Gasteiger partial charge in [0.05, 0.1) is 12.3 Å². The molecule has 26 heavy (non-hydrogen) atoms. The Bertz CT molecular complexity index is 738. The molecular formula is C18H23N3O5. The molecule has 2 amide bonds. The number of aromatic nitrogens is 1. The van der Waals surface area contributed by atoms with Gasteiger partial charge in [0.15, 0.2) is 18.1 Å². The van der Waals surface area contributed by atoms with Crippen LogP contribution in [0.25, 0.3) is 0 Å². The number of carbonyl (C=O) groups is 2. The Kier molecular flexibility index (Phi) is 7.02. The van der Waals surface area contributed by atoms with E-state index in [4.69, 9.17) is 14.0 Å². The molecule has 1 aromatic carbocycles. The van der Waals surface area contributed by atoms with Crippen LogP contribution >= 0.6 is 0 Å². The molecule has 0 aliphatic rings. The Morgan fingerprint density at radius 1 is 1.08 bits per heavy atom. The topological polar surface area (TPSA) is 103 Å². The van der Waals surface area contributed by atoms with Crippen molar-refractivity contribution in [1.29, 1.82) is 0 Å². The first-order valence-electron chi connectivity index (χ1n) is 8.35. The van der Waals surface area contributed by atoms with Gasteiger partial charge in [-0.2, -0.15) is 0 Å². The van der Waals surface area contributed by atoms with Crippen LogP contribution in [0.5, 0.6) is 11.5 Å². The van der Waals surface area contributed by atoms with Gasteiger partial charge in [0.25, 0.3) is 5.91 Å². The van der Waals surface area contributed by atoms with Crippen molar-refractivity contribution in [3.63, 3.8) is 0 Å². The van der Waals surface area contributed by atoms with Crippen LogP contribution in [-0.2, 0) is 16.0 Å². The number of nitrogens with zero attached hydrogens (tertiary/aromatic N) is 1. The number of para-hydroxylation sites is 2. The minimum atomic E-state index is -0.470. The van der Waals surface area contributed by atoms with Gasteiger partial charge < -0.3 is 14.0 Å². The first-order chi connectivity index (χ1) is 12.5. The molecule has 8 nitrogen and oxygen atoms in total. The molecule has 0 unspecified atom stereocenters. The van der Waals surface area contributed by atoms with Crippen molar-refractivity contribution in [2.24, 2.45) is 0 Å². The lowest BCUT2D eigenvalue weighted by atomic mass is 10.1. The van der Waals surface area contributed by atoms with Gasteiger partial charge in [-0.3, -0.25) is 20.4 Å². The normalized spacial score (nSPS) is 10.3. The Hall–Kier alpha value is -3.03. The smallest absolute Gasteiger partial charge is 0.276 e.